The molecule has 5 nitrogen and oxygen atoms in total. The van der Waals surface area contributed by atoms with Crippen LogP contribution in [-0.4, -0.2) is 26.9 Å². The number of ether oxygens (including phenoxy) is 2. The van der Waals surface area contributed by atoms with E-state index in [1.54, 1.807) is 18.1 Å². The Bertz CT molecular complexity index is 702. The van der Waals surface area contributed by atoms with Crippen LogP contribution in [0, 0.1) is 13.8 Å². The van der Waals surface area contributed by atoms with Gasteiger partial charge < -0.3 is 13.9 Å². The molecule has 0 fully saturated rings. The van der Waals surface area contributed by atoms with E-state index in [9.17, 15) is 4.79 Å². The average molecular weight is 303 g/mol. The van der Waals surface area contributed by atoms with Crippen LogP contribution < -0.4 is 9.64 Å². The van der Waals surface area contributed by atoms with Crippen molar-refractivity contribution in [1.29, 1.82) is 0 Å². The van der Waals surface area contributed by atoms with E-state index in [4.69, 9.17) is 13.9 Å². The summed E-state index contributed by atoms with van der Waals surface area (Å²) in [5.74, 6) is 1.45. The Morgan fingerprint density at radius 1 is 1.36 bits per heavy atom. The third kappa shape index (κ3) is 2.79. The molecule has 2 aromatic rings. The minimum Gasteiger partial charge on any atom is -0.496 e. The molecule has 1 aromatic heterocycles. The van der Waals surface area contributed by atoms with Crippen LogP contribution in [0.4, 0.5) is 10.5 Å². The molecular formula is C17H21NO4. The minimum atomic E-state index is -0.418. The van der Waals surface area contributed by atoms with Crippen LogP contribution in [0.5, 0.6) is 5.75 Å². The van der Waals surface area contributed by atoms with E-state index in [1.807, 2.05) is 26.0 Å². The Morgan fingerprint density at radius 2 is 2.09 bits per heavy atom. The highest BCUT2D eigenvalue weighted by Gasteiger charge is 2.24. The average Bonchev–Trinajstić information content (AvgIpc) is 2.88. The van der Waals surface area contributed by atoms with Gasteiger partial charge in [-0.05, 0) is 26.3 Å². The van der Waals surface area contributed by atoms with Gasteiger partial charge in [0.05, 0.1) is 19.9 Å². The van der Waals surface area contributed by atoms with Crippen LogP contribution in [0.15, 0.2) is 29.2 Å². The second-order valence-corrected chi connectivity index (χ2v) is 5.02. The summed E-state index contributed by atoms with van der Waals surface area (Å²) in [4.78, 5) is 13.8. The van der Waals surface area contributed by atoms with Crippen molar-refractivity contribution in [1.82, 2.24) is 0 Å². The van der Waals surface area contributed by atoms with Crippen molar-refractivity contribution < 1.29 is 18.7 Å². The maximum absolute atomic E-state index is 12.2. The van der Waals surface area contributed by atoms with Gasteiger partial charge in [0, 0.05) is 23.6 Å². The molecule has 0 unspecified atom stereocenters. The van der Waals surface area contributed by atoms with E-state index in [0.29, 0.717) is 24.3 Å². The van der Waals surface area contributed by atoms with Gasteiger partial charge in [0.25, 0.3) is 0 Å². The number of nitrogens with zero attached hydrogens (tertiary/aromatic N) is 1. The van der Waals surface area contributed by atoms with Crippen LogP contribution >= 0.6 is 0 Å². The van der Waals surface area contributed by atoms with E-state index in [2.05, 4.69) is 6.58 Å². The van der Waals surface area contributed by atoms with Gasteiger partial charge in [0.15, 0.2) is 0 Å². The molecule has 1 heterocycles. The van der Waals surface area contributed by atoms with Crippen LogP contribution in [0.2, 0.25) is 0 Å². The van der Waals surface area contributed by atoms with Crippen LogP contribution in [-0.2, 0) is 4.74 Å². The number of fused-ring (bicyclic) bond motifs is 1. The second kappa shape index (κ2) is 6.56. The normalized spacial score (nSPS) is 10.5. The van der Waals surface area contributed by atoms with Crippen molar-refractivity contribution in [3.05, 3.63) is 36.1 Å². The molecule has 5 heteroatoms. The fourth-order valence-electron chi connectivity index (χ4n) is 2.56. The Kier molecular flexibility index (Phi) is 4.75. The number of rotatable bonds is 5. The zero-order valence-electron chi connectivity index (χ0n) is 13.4. The van der Waals surface area contributed by atoms with Crippen LogP contribution in [0.1, 0.15) is 17.7 Å². The first-order valence-corrected chi connectivity index (χ1v) is 7.07. The molecule has 0 N–H and O–H groups in total. The fourth-order valence-corrected chi connectivity index (χ4v) is 2.56. The lowest BCUT2D eigenvalue weighted by atomic mass is 10.1. The van der Waals surface area contributed by atoms with Gasteiger partial charge in [-0.15, -0.1) is 6.58 Å². The highest BCUT2D eigenvalue weighted by Crippen LogP contribution is 2.39. The van der Waals surface area contributed by atoms with E-state index in [0.717, 1.165) is 22.4 Å². The molecule has 0 saturated carbocycles. The predicted octanol–water partition coefficient (Wildman–Crippen LogP) is 4.21. The maximum atomic E-state index is 12.2. The van der Waals surface area contributed by atoms with Crippen molar-refractivity contribution in [2.45, 2.75) is 20.3 Å². The summed E-state index contributed by atoms with van der Waals surface area (Å²) < 4.78 is 16.0. The molecule has 0 spiro atoms. The Morgan fingerprint density at radius 3 is 2.68 bits per heavy atom. The van der Waals surface area contributed by atoms with E-state index < -0.39 is 6.09 Å². The smallest absolute Gasteiger partial charge is 0.414 e. The van der Waals surface area contributed by atoms with Gasteiger partial charge in [0.2, 0.25) is 0 Å². The lowest BCUT2D eigenvalue weighted by Crippen LogP contribution is -2.32. The summed E-state index contributed by atoms with van der Waals surface area (Å²) in [7, 11) is 2.97. The highest BCUT2D eigenvalue weighted by atomic mass is 16.5. The molecule has 0 aliphatic rings. The molecular weight excluding hydrogens is 282 g/mol. The summed E-state index contributed by atoms with van der Waals surface area (Å²) >= 11 is 0. The van der Waals surface area contributed by atoms with Gasteiger partial charge >= 0.3 is 6.09 Å². The first kappa shape index (κ1) is 15.9. The third-order valence-corrected chi connectivity index (χ3v) is 3.57. The number of hydrogen-bond acceptors (Lipinski definition) is 4. The number of hydrogen-bond donors (Lipinski definition) is 0. The van der Waals surface area contributed by atoms with Gasteiger partial charge in [-0.25, -0.2) is 4.79 Å². The first-order valence-electron chi connectivity index (χ1n) is 7.07. The number of carbonyl (C=O) groups is 1. The number of anilines is 1. The zero-order valence-corrected chi connectivity index (χ0v) is 13.4. The molecule has 0 bridgehead atoms. The highest BCUT2D eigenvalue weighted by molar-refractivity contribution is 6.02. The standard InChI is InChI=1S/C17H21NO4/c1-6-7-8-18(17(19)21-5)16-12(3)14(20-4)10-15-13(16)9-11(2)22-15/h6,9-10H,1,7-8H2,2-5H3. The topological polar surface area (TPSA) is 51.9 Å². The zero-order chi connectivity index (χ0) is 16.3. The predicted molar refractivity (Wildman–Crippen MR) is 86.8 cm³/mol. The monoisotopic (exact) mass is 303 g/mol. The molecule has 0 atom stereocenters. The Balaban J connectivity index is 2.70. The number of methoxy groups -OCH3 is 2. The summed E-state index contributed by atoms with van der Waals surface area (Å²) in [6, 6.07) is 3.76. The lowest BCUT2D eigenvalue weighted by Gasteiger charge is -2.24. The van der Waals surface area contributed by atoms with Crippen molar-refractivity contribution in [2.24, 2.45) is 0 Å². The van der Waals surface area contributed by atoms with E-state index >= 15 is 0 Å². The van der Waals surface area contributed by atoms with Crippen LogP contribution in [0.25, 0.3) is 11.0 Å². The van der Waals surface area contributed by atoms with E-state index in [-0.39, 0.29) is 0 Å². The Hall–Kier alpha value is -2.43. The lowest BCUT2D eigenvalue weighted by molar-refractivity contribution is 0.179. The maximum Gasteiger partial charge on any atom is 0.414 e. The molecule has 22 heavy (non-hydrogen) atoms. The third-order valence-electron chi connectivity index (χ3n) is 3.57. The van der Waals surface area contributed by atoms with Gasteiger partial charge in [-0.2, -0.15) is 0 Å². The Labute approximate surface area is 130 Å². The van der Waals surface area contributed by atoms with Crippen molar-refractivity contribution in [3.63, 3.8) is 0 Å². The fraction of sp³-hybridized carbons (Fsp3) is 0.353. The summed E-state index contributed by atoms with van der Waals surface area (Å²) in [5.41, 5.74) is 2.30. The molecule has 0 aliphatic carbocycles. The first-order chi connectivity index (χ1) is 10.5. The van der Waals surface area contributed by atoms with Crippen molar-refractivity contribution >= 4 is 22.7 Å². The summed E-state index contributed by atoms with van der Waals surface area (Å²) in [6.45, 7) is 7.98. The summed E-state index contributed by atoms with van der Waals surface area (Å²) in [6.07, 6.45) is 2.01. The van der Waals surface area contributed by atoms with Gasteiger partial charge in [-0.3, -0.25) is 4.90 Å². The molecule has 0 radical (unpaired) electrons. The molecule has 118 valence electrons. The van der Waals surface area contributed by atoms with E-state index in [1.165, 1.54) is 7.11 Å². The summed E-state index contributed by atoms with van der Waals surface area (Å²) in [5, 5.41) is 0.866. The molecule has 1 aromatic carbocycles. The van der Waals surface area contributed by atoms with Crippen molar-refractivity contribution in [3.8, 4) is 5.75 Å². The minimum absolute atomic E-state index is 0.418. The van der Waals surface area contributed by atoms with Gasteiger partial charge in [0.1, 0.15) is 17.1 Å². The number of furan rings is 1. The van der Waals surface area contributed by atoms with Gasteiger partial charge in [-0.1, -0.05) is 6.08 Å². The van der Waals surface area contributed by atoms with Crippen molar-refractivity contribution in [2.75, 3.05) is 25.7 Å². The second-order valence-electron chi connectivity index (χ2n) is 5.02. The molecule has 2 rings (SSSR count). The quantitative estimate of drug-likeness (QED) is 0.776. The number of aryl methyl sites for hydroxylation is 1. The van der Waals surface area contributed by atoms with Crippen LogP contribution in [0.3, 0.4) is 0 Å². The SMILES string of the molecule is C=CCCN(C(=O)OC)c1c(C)c(OC)cc2oc(C)cc12. The molecule has 1 amide bonds. The molecule has 0 saturated heterocycles. The molecule has 0 aliphatic heterocycles. The number of benzene rings is 1. The number of amides is 1. The largest absolute Gasteiger partial charge is 0.496 e. The number of carbonyl (C=O) groups excluding carboxylic acids is 1.